The Labute approximate surface area is 113 Å². The maximum atomic E-state index is 12.0. The summed E-state index contributed by atoms with van der Waals surface area (Å²) in [6.45, 7) is 0. The summed E-state index contributed by atoms with van der Waals surface area (Å²) >= 11 is 10.8. The molecule has 1 amide bonds. The Hall–Kier alpha value is -1.66. The fraction of sp³-hybridized carbons (Fsp3) is 0.182. The van der Waals surface area contributed by atoms with Crippen LogP contribution in [0.25, 0.3) is 0 Å². The van der Waals surface area contributed by atoms with Crippen LogP contribution in [0, 0.1) is 0 Å². The van der Waals surface area contributed by atoms with E-state index in [0.29, 0.717) is 10.7 Å². The number of hydrogen-bond donors (Lipinski definition) is 2. The zero-order valence-corrected chi connectivity index (χ0v) is 10.7. The van der Waals surface area contributed by atoms with Gasteiger partial charge >= 0.3 is 5.97 Å². The molecule has 0 radical (unpaired) electrons. The Morgan fingerprint density at radius 3 is 2.61 bits per heavy atom. The number of carboxylic acids is 1. The SMILES string of the molecule is O=C(O)CC1NC(=S)N(c2ccc(Cl)cc2)C1=O. The number of halogens is 1. The molecule has 1 saturated heterocycles. The molecule has 1 aromatic rings. The largest absolute Gasteiger partial charge is 0.481 e. The fourth-order valence-corrected chi connectivity index (χ4v) is 2.14. The molecule has 1 aliphatic heterocycles. The molecule has 0 bridgehead atoms. The molecule has 1 aliphatic rings. The van der Waals surface area contributed by atoms with Gasteiger partial charge in [-0.15, -0.1) is 0 Å². The zero-order chi connectivity index (χ0) is 13.3. The molecule has 1 fully saturated rings. The zero-order valence-electron chi connectivity index (χ0n) is 9.09. The first-order valence-corrected chi connectivity index (χ1v) is 5.89. The van der Waals surface area contributed by atoms with Gasteiger partial charge in [-0.3, -0.25) is 14.5 Å². The first-order chi connectivity index (χ1) is 8.49. The Bertz CT molecular complexity index is 518. The standard InChI is InChI=1S/C11H9ClN2O3S/c12-6-1-3-7(4-2-6)14-10(17)8(5-9(15)16)13-11(14)18/h1-4,8H,5H2,(H,13,18)(H,15,16). The molecule has 7 heteroatoms. The summed E-state index contributed by atoms with van der Waals surface area (Å²) in [4.78, 5) is 23.9. The van der Waals surface area contributed by atoms with Gasteiger partial charge in [-0.05, 0) is 36.5 Å². The van der Waals surface area contributed by atoms with Crippen LogP contribution in [0.2, 0.25) is 5.02 Å². The quantitative estimate of drug-likeness (QED) is 0.821. The molecule has 2 rings (SSSR count). The van der Waals surface area contributed by atoms with Crippen LogP contribution in [0.3, 0.4) is 0 Å². The van der Waals surface area contributed by atoms with Gasteiger partial charge in [-0.1, -0.05) is 11.6 Å². The molecule has 0 spiro atoms. The Morgan fingerprint density at radius 1 is 1.44 bits per heavy atom. The lowest BCUT2D eigenvalue weighted by Gasteiger charge is -2.14. The Kier molecular flexibility index (Phi) is 3.49. The molecule has 1 heterocycles. The monoisotopic (exact) mass is 284 g/mol. The fourth-order valence-electron chi connectivity index (χ4n) is 1.68. The average Bonchev–Trinajstić information content (AvgIpc) is 2.55. The van der Waals surface area contributed by atoms with E-state index >= 15 is 0 Å². The number of thiocarbonyl (C=S) groups is 1. The summed E-state index contributed by atoms with van der Waals surface area (Å²) in [6.07, 6.45) is -0.303. The second kappa shape index (κ2) is 4.91. The van der Waals surface area contributed by atoms with Crippen molar-refractivity contribution in [2.45, 2.75) is 12.5 Å². The van der Waals surface area contributed by atoms with E-state index in [1.165, 1.54) is 4.90 Å². The van der Waals surface area contributed by atoms with Gasteiger partial charge in [0.25, 0.3) is 5.91 Å². The summed E-state index contributed by atoms with van der Waals surface area (Å²) in [5.74, 6) is -1.42. The lowest BCUT2D eigenvalue weighted by molar-refractivity contribution is -0.139. The average molecular weight is 285 g/mol. The molecular weight excluding hydrogens is 276 g/mol. The predicted octanol–water partition coefficient (Wildman–Crippen LogP) is 1.40. The van der Waals surface area contributed by atoms with Gasteiger partial charge in [0.05, 0.1) is 12.1 Å². The van der Waals surface area contributed by atoms with Crippen molar-refractivity contribution in [2.75, 3.05) is 4.90 Å². The maximum absolute atomic E-state index is 12.0. The number of rotatable bonds is 3. The van der Waals surface area contributed by atoms with Crippen molar-refractivity contribution in [1.29, 1.82) is 0 Å². The molecule has 2 N–H and O–H groups in total. The number of carbonyl (C=O) groups is 2. The minimum absolute atomic E-state index is 0.202. The third-order valence-corrected chi connectivity index (χ3v) is 3.04. The number of benzene rings is 1. The van der Waals surface area contributed by atoms with E-state index in [4.69, 9.17) is 28.9 Å². The van der Waals surface area contributed by atoms with Gasteiger partial charge in [0.15, 0.2) is 5.11 Å². The molecular formula is C11H9ClN2O3S. The minimum atomic E-state index is -1.05. The highest BCUT2D eigenvalue weighted by molar-refractivity contribution is 7.80. The number of amides is 1. The summed E-state index contributed by atoms with van der Waals surface area (Å²) in [7, 11) is 0. The molecule has 1 unspecified atom stereocenters. The van der Waals surface area contributed by atoms with Crippen LogP contribution in [0.15, 0.2) is 24.3 Å². The summed E-state index contributed by atoms with van der Waals surface area (Å²) in [6, 6.07) is 5.76. The van der Waals surface area contributed by atoms with Crippen LogP contribution in [0.4, 0.5) is 5.69 Å². The highest BCUT2D eigenvalue weighted by Gasteiger charge is 2.37. The number of aliphatic carboxylic acids is 1. The second-order valence-electron chi connectivity index (χ2n) is 3.75. The molecule has 5 nitrogen and oxygen atoms in total. The summed E-state index contributed by atoms with van der Waals surface area (Å²) in [5.41, 5.74) is 0.565. The number of anilines is 1. The number of nitrogens with one attached hydrogen (secondary N) is 1. The van der Waals surface area contributed by atoms with Gasteiger partial charge in [0.2, 0.25) is 0 Å². The predicted molar refractivity (Wildman–Crippen MR) is 70.7 cm³/mol. The Balaban J connectivity index is 2.24. The number of carbonyl (C=O) groups excluding carboxylic acids is 1. The highest BCUT2D eigenvalue weighted by atomic mass is 35.5. The second-order valence-corrected chi connectivity index (χ2v) is 4.57. The molecule has 1 aromatic carbocycles. The van der Waals surface area contributed by atoms with Crippen LogP contribution in [0.1, 0.15) is 6.42 Å². The summed E-state index contributed by atoms with van der Waals surface area (Å²) < 4.78 is 0. The van der Waals surface area contributed by atoms with Crippen molar-refractivity contribution < 1.29 is 14.7 Å². The Morgan fingerprint density at radius 2 is 2.06 bits per heavy atom. The van der Waals surface area contributed by atoms with Crippen molar-refractivity contribution in [1.82, 2.24) is 5.32 Å². The molecule has 18 heavy (non-hydrogen) atoms. The third kappa shape index (κ3) is 2.44. The van der Waals surface area contributed by atoms with Crippen LogP contribution in [0.5, 0.6) is 0 Å². The van der Waals surface area contributed by atoms with Crippen molar-refractivity contribution in [3.05, 3.63) is 29.3 Å². The van der Waals surface area contributed by atoms with Gasteiger partial charge in [0.1, 0.15) is 6.04 Å². The van der Waals surface area contributed by atoms with E-state index in [-0.39, 0.29) is 17.4 Å². The number of hydrogen-bond acceptors (Lipinski definition) is 3. The van der Waals surface area contributed by atoms with Gasteiger partial charge in [0, 0.05) is 5.02 Å². The molecule has 1 atom stereocenters. The minimum Gasteiger partial charge on any atom is -0.481 e. The highest BCUT2D eigenvalue weighted by Crippen LogP contribution is 2.22. The van der Waals surface area contributed by atoms with E-state index in [1.54, 1.807) is 24.3 Å². The number of carboxylic acid groups (broad SMARTS) is 1. The first-order valence-electron chi connectivity index (χ1n) is 5.11. The van der Waals surface area contributed by atoms with Crippen molar-refractivity contribution >= 4 is 46.5 Å². The third-order valence-electron chi connectivity index (χ3n) is 2.48. The van der Waals surface area contributed by atoms with E-state index in [2.05, 4.69) is 5.32 Å². The first kappa shape index (κ1) is 12.8. The van der Waals surface area contributed by atoms with Crippen LogP contribution in [-0.4, -0.2) is 28.1 Å². The molecule has 94 valence electrons. The van der Waals surface area contributed by atoms with Crippen LogP contribution in [-0.2, 0) is 9.59 Å². The molecule has 0 saturated carbocycles. The number of nitrogens with zero attached hydrogens (tertiary/aromatic N) is 1. The van der Waals surface area contributed by atoms with Gasteiger partial charge < -0.3 is 10.4 Å². The van der Waals surface area contributed by atoms with Gasteiger partial charge in [-0.25, -0.2) is 0 Å². The molecule has 0 aromatic heterocycles. The van der Waals surface area contributed by atoms with Crippen molar-refractivity contribution in [3.63, 3.8) is 0 Å². The lowest BCUT2D eigenvalue weighted by Crippen LogP contribution is -2.32. The topological polar surface area (TPSA) is 69.6 Å². The van der Waals surface area contributed by atoms with E-state index in [9.17, 15) is 9.59 Å². The smallest absolute Gasteiger partial charge is 0.305 e. The lowest BCUT2D eigenvalue weighted by atomic mass is 10.2. The van der Waals surface area contributed by atoms with Crippen LogP contribution < -0.4 is 10.2 Å². The van der Waals surface area contributed by atoms with E-state index in [0.717, 1.165) is 0 Å². The normalized spacial score (nSPS) is 18.9. The van der Waals surface area contributed by atoms with E-state index < -0.39 is 12.0 Å². The molecule has 0 aliphatic carbocycles. The van der Waals surface area contributed by atoms with Crippen molar-refractivity contribution in [3.8, 4) is 0 Å². The van der Waals surface area contributed by atoms with E-state index in [1.807, 2.05) is 0 Å². The maximum Gasteiger partial charge on any atom is 0.305 e. The summed E-state index contributed by atoms with van der Waals surface area (Å²) in [5, 5.41) is 12.1. The van der Waals surface area contributed by atoms with Gasteiger partial charge in [-0.2, -0.15) is 0 Å². The van der Waals surface area contributed by atoms with Crippen molar-refractivity contribution in [2.24, 2.45) is 0 Å². The van der Waals surface area contributed by atoms with Crippen LogP contribution >= 0.6 is 23.8 Å².